The van der Waals surface area contributed by atoms with Gasteiger partial charge in [-0.25, -0.2) is 4.79 Å². The van der Waals surface area contributed by atoms with E-state index < -0.39 is 5.60 Å². The maximum atomic E-state index is 12.2. The van der Waals surface area contributed by atoms with Crippen LogP contribution >= 0.6 is 0 Å². The Bertz CT molecular complexity index is 463. The van der Waals surface area contributed by atoms with Crippen LogP contribution in [0.25, 0.3) is 0 Å². The first-order chi connectivity index (χ1) is 8.38. The molecule has 0 fully saturated rings. The summed E-state index contributed by atoms with van der Waals surface area (Å²) in [6.07, 6.45) is -0.278. The van der Waals surface area contributed by atoms with E-state index in [0.717, 1.165) is 23.5 Å². The highest BCUT2D eigenvalue weighted by molar-refractivity contribution is 5.94. The number of benzene rings is 1. The predicted molar refractivity (Wildman–Crippen MR) is 73.2 cm³/mol. The van der Waals surface area contributed by atoms with Crippen molar-refractivity contribution in [3.63, 3.8) is 0 Å². The summed E-state index contributed by atoms with van der Waals surface area (Å²) in [5.74, 6) is 0. The van der Waals surface area contributed by atoms with Gasteiger partial charge in [-0.05, 0) is 39.3 Å². The van der Waals surface area contributed by atoms with Crippen molar-refractivity contribution in [3.05, 3.63) is 23.8 Å². The van der Waals surface area contributed by atoms with Gasteiger partial charge in [-0.3, -0.25) is 4.90 Å². The van der Waals surface area contributed by atoms with Gasteiger partial charge in [0.15, 0.2) is 0 Å². The molecule has 1 aromatic rings. The lowest BCUT2D eigenvalue weighted by molar-refractivity contribution is 0.0580. The molecule has 0 saturated heterocycles. The van der Waals surface area contributed by atoms with Crippen LogP contribution in [0.2, 0.25) is 0 Å². The van der Waals surface area contributed by atoms with Crippen molar-refractivity contribution < 1.29 is 9.53 Å². The topological polar surface area (TPSA) is 41.6 Å². The highest BCUT2D eigenvalue weighted by Crippen LogP contribution is 2.33. The second-order valence-electron chi connectivity index (χ2n) is 5.53. The molecule has 0 atom stereocenters. The van der Waals surface area contributed by atoms with Gasteiger partial charge in [-0.1, -0.05) is 12.1 Å². The van der Waals surface area contributed by atoms with Gasteiger partial charge >= 0.3 is 6.09 Å². The summed E-state index contributed by atoms with van der Waals surface area (Å²) in [7, 11) is 0. The van der Waals surface area contributed by atoms with E-state index in [2.05, 4.69) is 5.32 Å². The van der Waals surface area contributed by atoms with Crippen LogP contribution in [0.5, 0.6) is 0 Å². The molecule has 4 heteroatoms. The molecule has 0 bridgehead atoms. The van der Waals surface area contributed by atoms with Gasteiger partial charge in [0.2, 0.25) is 0 Å². The first kappa shape index (κ1) is 12.7. The summed E-state index contributed by atoms with van der Waals surface area (Å²) >= 11 is 0. The Hall–Kier alpha value is -1.71. The van der Waals surface area contributed by atoms with Crippen LogP contribution in [-0.4, -0.2) is 24.8 Å². The number of aryl methyl sites for hydroxylation is 1. The molecule has 0 aliphatic carbocycles. The molecule has 0 spiro atoms. The average molecular weight is 248 g/mol. The number of hydrogen-bond donors (Lipinski definition) is 1. The molecular formula is C14H20N2O2. The summed E-state index contributed by atoms with van der Waals surface area (Å²) in [6.45, 7) is 9.02. The molecule has 1 aliphatic rings. The fourth-order valence-electron chi connectivity index (χ4n) is 2.07. The molecule has 0 aromatic heterocycles. The number of anilines is 2. The van der Waals surface area contributed by atoms with Gasteiger partial charge in [0.05, 0.1) is 11.4 Å². The molecule has 98 valence electrons. The molecule has 1 aromatic carbocycles. The number of rotatable bonds is 0. The van der Waals surface area contributed by atoms with Gasteiger partial charge in [0.25, 0.3) is 0 Å². The number of carbonyl (C=O) groups excluding carboxylic acids is 1. The van der Waals surface area contributed by atoms with E-state index in [0.29, 0.717) is 6.54 Å². The molecule has 2 rings (SSSR count). The Morgan fingerprint density at radius 2 is 2.11 bits per heavy atom. The Morgan fingerprint density at radius 3 is 2.78 bits per heavy atom. The summed E-state index contributed by atoms with van der Waals surface area (Å²) in [5, 5.41) is 3.30. The zero-order valence-electron chi connectivity index (χ0n) is 11.4. The van der Waals surface area contributed by atoms with Crippen molar-refractivity contribution in [1.82, 2.24) is 0 Å². The third-order valence-corrected chi connectivity index (χ3v) is 2.77. The average Bonchev–Trinajstić information content (AvgIpc) is 2.26. The first-order valence-electron chi connectivity index (χ1n) is 6.22. The van der Waals surface area contributed by atoms with Crippen LogP contribution in [0, 0.1) is 6.92 Å². The number of carbonyl (C=O) groups is 1. The van der Waals surface area contributed by atoms with E-state index in [-0.39, 0.29) is 6.09 Å². The Labute approximate surface area is 108 Å². The van der Waals surface area contributed by atoms with Gasteiger partial charge in [0.1, 0.15) is 5.60 Å². The van der Waals surface area contributed by atoms with Gasteiger partial charge in [0, 0.05) is 13.1 Å². The quantitative estimate of drug-likeness (QED) is 0.766. The van der Waals surface area contributed by atoms with E-state index in [1.54, 1.807) is 4.90 Å². The molecule has 1 N–H and O–H groups in total. The Morgan fingerprint density at radius 1 is 1.39 bits per heavy atom. The Balaban J connectivity index is 2.30. The lowest BCUT2D eigenvalue weighted by Gasteiger charge is -2.33. The minimum absolute atomic E-state index is 0.278. The third kappa shape index (κ3) is 2.58. The summed E-state index contributed by atoms with van der Waals surface area (Å²) < 4.78 is 5.45. The first-order valence-corrected chi connectivity index (χ1v) is 6.22. The molecule has 0 saturated carbocycles. The lowest BCUT2D eigenvalue weighted by Crippen LogP contribution is -2.42. The number of hydrogen-bond acceptors (Lipinski definition) is 3. The summed E-state index contributed by atoms with van der Waals surface area (Å²) in [5.41, 5.74) is 2.53. The van der Waals surface area contributed by atoms with Crippen LogP contribution in [0.15, 0.2) is 18.2 Å². The van der Waals surface area contributed by atoms with Crippen LogP contribution in [0.1, 0.15) is 26.3 Å². The number of nitrogens with one attached hydrogen (secondary N) is 1. The minimum atomic E-state index is -0.467. The fraction of sp³-hybridized carbons (Fsp3) is 0.500. The van der Waals surface area contributed by atoms with Crippen molar-refractivity contribution in [2.24, 2.45) is 0 Å². The van der Waals surface area contributed by atoms with Crippen LogP contribution in [0.4, 0.5) is 16.2 Å². The zero-order valence-corrected chi connectivity index (χ0v) is 11.4. The zero-order chi connectivity index (χ0) is 13.3. The van der Waals surface area contributed by atoms with E-state index in [1.165, 1.54) is 0 Å². The van der Waals surface area contributed by atoms with Crippen molar-refractivity contribution in [2.75, 3.05) is 23.3 Å². The number of ether oxygens (including phenoxy) is 1. The van der Waals surface area contributed by atoms with Crippen LogP contribution in [0.3, 0.4) is 0 Å². The van der Waals surface area contributed by atoms with Gasteiger partial charge < -0.3 is 10.1 Å². The number of nitrogens with zero attached hydrogens (tertiary/aromatic N) is 1. The SMILES string of the molecule is Cc1cccc2c1N(C(=O)OC(C)(C)C)CCN2. The molecule has 1 aliphatic heterocycles. The highest BCUT2D eigenvalue weighted by Gasteiger charge is 2.28. The molecule has 18 heavy (non-hydrogen) atoms. The van der Waals surface area contributed by atoms with Crippen LogP contribution < -0.4 is 10.2 Å². The van der Waals surface area contributed by atoms with Gasteiger partial charge in [-0.2, -0.15) is 0 Å². The third-order valence-electron chi connectivity index (χ3n) is 2.77. The predicted octanol–water partition coefficient (Wildman–Crippen LogP) is 3.16. The normalized spacial score (nSPS) is 14.8. The maximum absolute atomic E-state index is 12.2. The van der Waals surface area contributed by atoms with Crippen molar-refractivity contribution in [3.8, 4) is 0 Å². The second kappa shape index (κ2) is 4.52. The molecule has 4 nitrogen and oxygen atoms in total. The van der Waals surface area contributed by atoms with E-state index in [4.69, 9.17) is 4.74 Å². The molecular weight excluding hydrogens is 228 g/mol. The smallest absolute Gasteiger partial charge is 0.414 e. The monoisotopic (exact) mass is 248 g/mol. The summed E-state index contributed by atoms with van der Waals surface area (Å²) in [6, 6.07) is 5.97. The van der Waals surface area contributed by atoms with E-state index in [1.807, 2.05) is 45.9 Å². The summed E-state index contributed by atoms with van der Waals surface area (Å²) in [4.78, 5) is 13.9. The van der Waals surface area contributed by atoms with Crippen molar-refractivity contribution >= 4 is 17.5 Å². The van der Waals surface area contributed by atoms with Gasteiger partial charge in [-0.15, -0.1) is 0 Å². The fourth-order valence-corrected chi connectivity index (χ4v) is 2.07. The second-order valence-corrected chi connectivity index (χ2v) is 5.53. The maximum Gasteiger partial charge on any atom is 0.414 e. The molecule has 1 heterocycles. The number of para-hydroxylation sites is 1. The Kier molecular flexibility index (Phi) is 3.20. The van der Waals surface area contributed by atoms with Crippen molar-refractivity contribution in [2.45, 2.75) is 33.3 Å². The molecule has 0 unspecified atom stereocenters. The largest absolute Gasteiger partial charge is 0.443 e. The van der Waals surface area contributed by atoms with E-state index >= 15 is 0 Å². The lowest BCUT2D eigenvalue weighted by atomic mass is 10.1. The van der Waals surface area contributed by atoms with Crippen molar-refractivity contribution in [1.29, 1.82) is 0 Å². The van der Waals surface area contributed by atoms with E-state index in [9.17, 15) is 4.79 Å². The number of fused-ring (bicyclic) bond motifs is 1. The highest BCUT2D eigenvalue weighted by atomic mass is 16.6. The molecule has 1 amide bonds. The number of amides is 1. The van der Waals surface area contributed by atoms with Crippen LogP contribution in [-0.2, 0) is 4.74 Å². The standard InChI is InChI=1S/C14H20N2O2/c1-10-6-5-7-11-12(10)16(9-8-15-11)13(17)18-14(2,3)4/h5-7,15H,8-9H2,1-4H3. The minimum Gasteiger partial charge on any atom is -0.443 e. The molecule has 0 radical (unpaired) electrons.